The number of carbonyl (C=O) groups is 2. The molecule has 2 fully saturated rings. The molecule has 2 saturated heterocycles. The summed E-state index contributed by atoms with van der Waals surface area (Å²) in [5, 5.41) is 2.75. The number of nitrogens with one attached hydrogen (secondary N) is 1. The van der Waals surface area contributed by atoms with Gasteiger partial charge in [-0.25, -0.2) is 13.2 Å². The summed E-state index contributed by atoms with van der Waals surface area (Å²) in [5.74, 6) is -0.707. The zero-order valence-corrected chi connectivity index (χ0v) is 22.2. The SMILES string of the molecule is O=C1NCC(C(=O)N2CCN(c3nc4ccccc4o3)CC2)(S(=O)(=O)c2ccccc2)N1c1ccccc1Cl. The molecule has 4 aromatic rings. The molecular weight excluding hydrogens is 542 g/mol. The van der Waals surface area contributed by atoms with Gasteiger partial charge in [0.1, 0.15) is 5.52 Å². The number of sulfone groups is 1. The van der Waals surface area contributed by atoms with Crippen molar-refractivity contribution in [1.82, 2.24) is 15.2 Å². The van der Waals surface area contributed by atoms with Gasteiger partial charge in [-0.05, 0) is 36.4 Å². The van der Waals surface area contributed by atoms with E-state index in [0.29, 0.717) is 24.7 Å². The van der Waals surface area contributed by atoms with Crippen LogP contribution in [0.25, 0.3) is 11.1 Å². The monoisotopic (exact) mass is 565 g/mol. The van der Waals surface area contributed by atoms with Crippen LogP contribution in [0.5, 0.6) is 0 Å². The van der Waals surface area contributed by atoms with Gasteiger partial charge in [0, 0.05) is 26.2 Å². The van der Waals surface area contributed by atoms with E-state index in [0.717, 1.165) is 10.4 Å². The number of hydrogen-bond acceptors (Lipinski definition) is 7. The molecule has 1 atom stereocenters. The second-order valence-electron chi connectivity index (χ2n) is 9.29. The molecule has 3 heterocycles. The Morgan fingerprint density at radius 3 is 2.31 bits per heavy atom. The number of aromatic nitrogens is 1. The average Bonchev–Trinajstić information content (AvgIpc) is 3.56. The second kappa shape index (κ2) is 9.58. The topological polar surface area (TPSA) is 116 Å². The third-order valence-electron chi connectivity index (χ3n) is 7.09. The minimum absolute atomic E-state index is 0.0722. The third kappa shape index (κ3) is 4.00. The number of piperazine rings is 1. The number of para-hydroxylation sites is 3. The van der Waals surface area contributed by atoms with Crippen molar-refractivity contribution in [3.8, 4) is 0 Å². The maximum Gasteiger partial charge on any atom is 0.323 e. The van der Waals surface area contributed by atoms with Crippen molar-refractivity contribution in [2.45, 2.75) is 9.77 Å². The number of fused-ring (bicyclic) bond motifs is 1. The van der Waals surface area contributed by atoms with Gasteiger partial charge in [0.15, 0.2) is 5.58 Å². The molecule has 0 saturated carbocycles. The zero-order valence-electron chi connectivity index (χ0n) is 20.7. The highest BCUT2D eigenvalue weighted by atomic mass is 35.5. The molecule has 1 unspecified atom stereocenters. The lowest BCUT2D eigenvalue weighted by molar-refractivity contribution is -0.133. The number of oxazole rings is 1. The van der Waals surface area contributed by atoms with Gasteiger partial charge in [-0.3, -0.25) is 9.69 Å². The third-order valence-corrected chi connectivity index (χ3v) is 9.69. The summed E-state index contributed by atoms with van der Waals surface area (Å²) in [6, 6.07) is 21.2. The normalized spacial score (nSPS) is 19.9. The molecule has 39 heavy (non-hydrogen) atoms. The molecule has 1 N–H and O–H groups in total. The van der Waals surface area contributed by atoms with Crippen LogP contribution in [0.1, 0.15) is 0 Å². The first-order chi connectivity index (χ1) is 18.8. The Balaban J connectivity index is 1.37. The molecule has 10 nitrogen and oxygen atoms in total. The van der Waals surface area contributed by atoms with Crippen LogP contribution < -0.4 is 15.1 Å². The van der Waals surface area contributed by atoms with Crippen LogP contribution in [0.4, 0.5) is 16.5 Å². The zero-order chi connectivity index (χ0) is 27.2. The van der Waals surface area contributed by atoms with Gasteiger partial charge in [0.05, 0.1) is 22.2 Å². The van der Waals surface area contributed by atoms with E-state index < -0.39 is 33.2 Å². The summed E-state index contributed by atoms with van der Waals surface area (Å²) in [7, 11) is -4.43. The molecule has 2 aliphatic rings. The van der Waals surface area contributed by atoms with E-state index in [1.54, 1.807) is 36.4 Å². The maximum absolute atomic E-state index is 14.4. The quantitative estimate of drug-likeness (QED) is 0.393. The molecule has 0 aliphatic carbocycles. The van der Waals surface area contributed by atoms with Crippen molar-refractivity contribution >= 4 is 56.2 Å². The molecule has 200 valence electrons. The Labute approximate surface area is 229 Å². The Morgan fingerprint density at radius 2 is 1.59 bits per heavy atom. The van der Waals surface area contributed by atoms with Crippen LogP contribution in [0, 0.1) is 0 Å². The van der Waals surface area contributed by atoms with Gasteiger partial charge in [0.2, 0.25) is 9.84 Å². The van der Waals surface area contributed by atoms with Crippen LogP contribution in [0.2, 0.25) is 5.02 Å². The fourth-order valence-corrected chi connectivity index (χ4v) is 7.26. The smallest absolute Gasteiger partial charge is 0.323 e. The van der Waals surface area contributed by atoms with E-state index in [1.165, 1.54) is 23.1 Å². The summed E-state index contributed by atoms with van der Waals surface area (Å²) < 4.78 is 34.5. The summed E-state index contributed by atoms with van der Waals surface area (Å²) in [6.45, 7) is 0.710. The Bertz CT molecular complexity index is 1640. The lowest BCUT2D eigenvalue weighted by Crippen LogP contribution is -2.66. The highest BCUT2D eigenvalue weighted by Crippen LogP contribution is 2.41. The highest BCUT2D eigenvalue weighted by molar-refractivity contribution is 7.93. The number of urea groups is 1. The summed E-state index contributed by atoms with van der Waals surface area (Å²) in [4.78, 5) is 34.2. The van der Waals surface area contributed by atoms with Crippen molar-refractivity contribution in [3.63, 3.8) is 0 Å². The van der Waals surface area contributed by atoms with Crippen LogP contribution >= 0.6 is 11.6 Å². The number of amides is 3. The van der Waals surface area contributed by atoms with Gasteiger partial charge < -0.3 is 19.5 Å². The van der Waals surface area contributed by atoms with E-state index in [4.69, 9.17) is 16.0 Å². The molecule has 2 aliphatic heterocycles. The first kappa shape index (κ1) is 25.2. The van der Waals surface area contributed by atoms with Crippen molar-refractivity contribution in [1.29, 1.82) is 0 Å². The van der Waals surface area contributed by atoms with E-state index in [9.17, 15) is 18.0 Å². The standard InChI is InChI=1S/C27H24ClN5O5S/c28-20-10-4-6-12-22(20)33-25(35)29-18-27(33,39(36,37)19-8-2-1-3-9-19)24(34)31-14-16-32(17-15-31)26-30-21-11-5-7-13-23(21)38-26/h1-13H,14-18H2,(H,29,35). The molecule has 12 heteroatoms. The second-order valence-corrected chi connectivity index (χ2v) is 11.9. The first-order valence-electron chi connectivity index (χ1n) is 12.3. The van der Waals surface area contributed by atoms with Gasteiger partial charge in [-0.2, -0.15) is 4.98 Å². The van der Waals surface area contributed by atoms with E-state index in [1.807, 2.05) is 29.2 Å². The molecular formula is C27H24ClN5O5S. The predicted octanol–water partition coefficient (Wildman–Crippen LogP) is 3.53. The fourth-order valence-electron chi connectivity index (χ4n) is 5.09. The van der Waals surface area contributed by atoms with E-state index >= 15 is 0 Å². The Kier molecular flexibility index (Phi) is 6.19. The van der Waals surface area contributed by atoms with Crippen LogP contribution in [-0.4, -0.2) is 67.8 Å². The molecule has 0 radical (unpaired) electrons. The average molecular weight is 566 g/mol. The number of halogens is 1. The highest BCUT2D eigenvalue weighted by Gasteiger charge is 2.63. The number of anilines is 2. The van der Waals surface area contributed by atoms with Gasteiger partial charge >= 0.3 is 6.03 Å². The van der Waals surface area contributed by atoms with Crippen LogP contribution in [0.15, 0.2) is 88.2 Å². The molecule has 0 spiro atoms. The predicted molar refractivity (Wildman–Crippen MR) is 146 cm³/mol. The number of carbonyl (C=O) groups excluding carboxylic acids is 2. The molecule has 3 aromatic carbocycles. The molecule has 3 amide bonds. The number of hydrogen-bond donors (Lipinski definition) is 1. The Hall–Kier alpha value is -4.09. The fraction of sp³-hybridized carbons (Fsp3) is 0.222. The van der Waals surface area contributed by atoms with Crippen LogP contribution in [-0.2, 0) is 14.6 Å². The minimum Gasteiger partial charge on any atom is -0.423 e. The van der Waals surface area contributed by atoms with Crippen molar-refractivity contribution in [2.75, 3.05) is 42.5 Å². The maximum atomic E-state index is 14.4. The minimum atomic E-state index is -4.43. The largest absolute Gasteiger partial charge is 0.423 e. The van der Waals surface area contributed by atoms with E-state index in [-0.39, 0.29) is 28.7 Å². The Morgan fingerprint density at radius 1 is 0.923 bits per heavy atom. The first-order valence-corrected chi connectivity index (χ1v) is 14.2. The molecule has 6 rings (SSSR count). The lowest BCUT2D eigenvalue weighted by atomic mass is 10.1. The summed E-state index contributed by atoms with van der Waals surface area (Å²) in [5.41, 5.74) is 1.52. The molecule has 1 aromatic heterocycles. The lowest BCUT2D eigenvalue weighted by Gasteiger charge is -2.41. The van der Waals surface area contributed by atoms with Crippen molar-refractivity contribution < 1.29 is 22.4 Å². The van der Waals surface area contributed by atoms with Crippen molar-refractivity contribution in [2.24, 2.45) is 0 Å². The summed E-state index contributed by atoms with van der Waals surface area (Å²) >= 11 is 6.44. The van der Waals surface area contributed by atoms with Gasteiger partial charge in [0.25, 0.3) is 16.8 Å². The van der Waals surface area contributed by atoms with Gasteiger partial charge in [-0.1, -0.05) is 54.1 Å². The van der Waals surface area contributed by atoms with Gasteiger partial charge in [-0.15, -0.1) is 0 Å². The number of nitrogens with zero attached hydrogens (tertiary/aromatic N) is 4. The number of rotatable bonds is 5. The summed E-state index contributed by atoms with van der Waals surface area (Å²) in [6.07, 6.45) is 0. The van der Waals surface area contributed by atoms with E-state index in [2.05, 4.69) is 10.3 Å². The van der Waals surface area contributed by atoms with Crippen LogP contribution in [0.3, 0.4) is 0 Å². The molecule has 0 bridgehead atoms. The number of benzene rings is 3. The van der Waals surface area contributed by atoms with Crippen molar-refractivity contribution in [3.05, 3.63) is 83.9 Å².